The van der Waals surface area contributed by atoms with Crippen molar-refractivity contribution in [1.29, 1.82) is 0 Å². The Hall–Kier alpha value is -3.48. The number of hydrogen-bond donors (Lipinski definition) is 1. The molecule has 2 N–H and O–H groups in total. The number of ether oxygens (including phenoxy) is 1. The van der Waals surface area contributed by atoms with Gasteiger partial charge < -0.3 is 15.0 Å². The molecule has 0 aliphatic rings. The second-order valence-corrected chi connectivity index (χ2v) is 5.52. The molecule has 0 saturated heterocycles. The number of nitrogens with two attached hydrogens (primary N) is 1. The summed E-state index contributed by atoms with van der Waals surface area (Å²) in [5.74, 6) is 0.686. The summed E-state index contributed by atoms with van der Waals surface area (Å²) in [5, 5.41) is 0. The second-order valence-electron chi connectivity index (χ2n) is 5.52. The molecule has 0 saturated carbocycles. The fraction of sp³-hybridized carbons (Fsp3) is 0.0556. The first kappa shape index (κ1) is 15.1. The number of anilines is 1. The number of benzene rings is 2. The molecule has 25 heavy (non-hydrogen) atoms. The summed E-state index contributed by atoms with van der Waals surface area (Å²) in [6.45, 7) is 0.451. The number of imidazole rings is 1. The van der Waals surface area contributed by atoms with Gasteiger partial charge in [-0.3, -0.25) is 0 Å². The van der Waals surface area contributed by atoms with E-state index in [4.69, 9.17) is 10.5 Å². The highest BCUT2D eigenvalue weighted by molar-refractivity contribution is 5.76. The molecule has 0 bridgehead atoms. The van der Waals surface area contributed by atoms with Crippen LogP contribution in [0.15, 0.2) is 61.2 Å². The van der Waals surface area contributed by atoms with Crippen molar-refractivity contribution in [3.8, 4) is 11.6 Å². The Morgan fingerprint density at radius 3 is 2.68 bits per heavy atom. The Kier molecular flexibility index (Phi) is 3.74. The predicted molar refractivity (Wildman–Crippen MR) is 91.8 cm³/mol. The van der Waals surface area contributed by atoms with Gasteiger partial charge in [-0.05, 0) is 42.0 Å². The van der Waals surface area contributed by atoms with Crippen molar-refractivity contribution in [2.45, 2.75) is 6.54 Å². The van der Waals surface area contributed by atoms with Crippen molar-refractivity contribution in [1.82, 2.24) is 19.5 Å². The van der Waals surface area contributed by atoms with Gasteiger partial charge in [0.25, 0.3) is 5.88 Å². The average molecular weight is 335 g/mol. The lowest BCUT2D eigenvalue weighted by molar-refractivity contribution is 0.467. The molecule has 0 spiro atoms. The number of aromatic nitrogens is 4. The third kappa shape index (κ3) is 3.12. The molecule has 2 aromatic carbocycles. The van der Waals surface area contributed by atoms with E-state index in [9.17, 15) is 4.39 Å². The Bertz CT molecular complexity index is 1030. The van der Waals surface area contributed by atoms with E-state index in [1.54, 1.807) is 36.7 Å². The highest BCUT2D eigenvalue weighted by Crippen LogP contribution is 2.26. The van der Waals surface area contributed by atoms with Crippen molar-refractivity contribution < 1.29 is 9.13 Å². The van der Waals surface area contributed by atoms with Crippen LogP contribution in [-0.2, 0) is 6.54 Å². The molecule has 4 rings (SSSR count). The minimum atomic E-state index is -0.274. The molecule has 0 aliphatic heterocycles. The highest BCUT2D eigenvalue weighted by Gasteiger charge is 2.12. The first-order valence-electron chi connectivity index (χ1n) is 7.63. The molecule has 2 heterocycles. The lowest BCUT2D eigenvalue weighted by Crippen LogP contribution is -2.00. The summed E-state index contributed by atoms with van der Waals surface area (Å²) >= 11 is 0. The van der Waals surface area contributed by atoms with E-state index >= 15 is 0 Å². The largest absolute Gasteiger partial charge is 0.437 e. The zero-order chi connectivity index (χ0) is 17.2. The maximum Gasteiger partial charge on any atom is 0.250 e. The minimum absolute atomic E-state index is 0.274. The van der Waals surface area contributed by atoms with E-state index < -0.39 is 0 Å². The van der Waals surface area contributed by atoms with Gasteiger partial charge in [0.1, 0.15) is 17.9 Å². The van der Waals surface area contributed by atoms with Crippen LogP contribution >= 0.6 is 0 Å². The van der Waals surface area contributed by atoms with Gasteiger partial charge in [-0.1, -0.05) is 12.1 Å². The molecule has 2 aromatic heterocycles. The normalized spacial score (nSPS) is 10.9. The minimum Gasteiger partial charge on any atom is -0.437 e. The summed E-state index contributed by atoms with van der Waals surface area (Å²) in [4.78, 5) is 12.8. The SMILES string of the molecule is Nc1ccc(Oc2ncnc3c2ncn3Cc2cccc(F)c2)cc1. The third-order valence-corrected chi connectivity index (χ3v) is 3.70. The van der Waals surface area contributed by atoms with Crippen molar-refractivity contribution in [3.63, 3.8) is 0 Å². The van der Waals surface area contributed by atoms with E-state index in [2.05, 4.69) is 15.0 Å². The Labute approximate surface area is 142 Å². The molecular weight excluding hydrogens is 321 g/mol. The van der Waals surface area contributed by atoms with E-state index in [1.807, 2.05) is 10.6 Å². The summed E-state index contributed by atoms with van der Waals surface area (Å²) < 4.78 is 21.0. The standard InChI is InChI=1S/C18H14FN5O/c19-13-3-1-2-12(8-13)9-24-11-23-16-17(24)21-10-22-18(16)25-15-6-4-14(20)5-7-15/h1-8,10-11H,9,20H2. The summed E-state index contributed by atoms with van der Waals surface area (Å²) in [7, 11) is 0. The second kappa shape index (κ2) is 6.20. The van der Waals surface area contributed by atoms with Gasteiger partial charge in [-0.25, -0.2) is 14.4 Å². The smallest absolute Gasteiger partial charge is 0.250 e. The highest BCUT2D eigenvalue weighted by atomic mass is 19.1. The maximum atomic E-state index is 13.4. The molecule has 0 radical (unpaired) electrons. The predicted octanol–water partition coefficient (Wildman–Crippen LogP) is 3.39. The molecule has 0 unspecified atom stereocenters. The lowest BCUT2D eigenvalue weighted by atomic mass is 10.2. The zero-order valence-corrected chi connectivity index (χ0v) is 13.1. The van der Waals surface area contributed by atoms with Crippen LogP contribution in [-0.4, -0.2) is 19.5 Å². The summed E-state index contributed by atoms with van der Waals surface area (Å²) in [6, 6.07) is 13.4. The van der Waals surface area contributed by atoms with Crippen LogP contribution in [0.25, 0.3) is 11.2 Å². The zero-order valence-electron chi connectivity index (χ0n) is 13.1. The van der Waals surface area contributed by atoms with Crippen LogP contribution in [0, 0.1) is 5.82 Å². The lowest BCUT2D eigenvalue weighted by Gasteiger charge is -2.06. The van der Waals surface area contributed by atoms with Crippen molar-refractivity contribution in [2.24, 2.45) is 0 Å². The first-order chi connectivity index (χ1) is 12.2. The van der Waals surface area contributed by atoms with Crippen LogP contribution < -0.4 is 10.5 Å². The van der Waals surface area contributed by atoms with Crippen LogP contribution in [0.2, 0.25) is 0 Å². The van der Waals surface area contributed by atoms with Gasteiger partial charge >= 0.3 is 0 Å². The maximum absolute atomic E-state index is 13.4. The van der Waals surface area contributed by atoms with Gasteiger partial charge in [0, 0.05) is 5.69 Å². The Morgan fingerprint density at radius 2 is 1.88 bits per heavy atom. The summed E-state index contributed by atoms with van der Waals surface area (Å²) in [5.41, 5.74) is 8.30. The Morgan fingerprint density at radius 1 is 1.04 bits per heavy atom. The van der Waals surface area contributed by atoms with Crippen LogP contribution in [0.1, 0.15) is 5.56 Å². The number of nitrogens with zero attached hydrogens (tertiary/aromatic N) is 4. The van der Waals surface area contributed by atoms with E-state index in [0.29, 0.717) is 35.0 Å². The van der Waals surface area contributed by atoms with Gasteiger partial charge in [-0.15, -0.1) is 0 Å². The van der Waals surface area contributed by atoms with Gasteiger partial charge in [0.05, 0.1) is 12.9 Å². The van der Waals surface area contributed by atoms with E-state index in [1.165, 1.54) is 18.5 Å². The molecule has 4 aromatic rings. The van der Waals surface area contributed by atoms with Crippen molar-refractivity contribution in [3.05, 3.63) is 72.6 Å². The third-order valence-electron chi connectivity index (χ3n) is 3.70. The van der Waals surface area contributed by atoms with Crippen molar-refractivity contribution >= 4 is 16.9 Å². The topological polar surface area (TPSA) is 78.8 Å². The van der Waals surface area contributed by atoms with Gasteiger partial charge in [-0.2, -0.15) is 4.98 Å². The van der Waals surface area contributed by atoms with Gasteiger partial charge in [0.15, 0.2) is 11.2 Å². The molecule has 0 aliphatic carbocycles. The van der Waals surface area contributed by atoms with Crippen LogP contribution in [0.4, 0.5) is 10.1 Å². The monoisotopic (exact) mass is 335 g/mol. The fourth-order valence-corrected chi connectivity index (χ4v) is 2.53. The van der Waals surface area contributed by atoms with Crippen molar-refractivity contribution in [2.75, 3.05) is 5.73 Å². The molecule has 6 nitrogen and oxygen atoms in total. The number of nitrogen functional groups attached to an aromatic ring is 1. The number of rotatable bonds is 4. The molecule has 124 valence electrons. The van der Waals surface area contributed by atoms with E-state index in [0.717, 1.165) is 5.56 Å². The number of fused-ring (bicyclic) bond motifs is 1. The first-order valence-corrected chi connectivity index (χ1v) is 7.63. The number of hydrogen-bond acceptors (Lipinski definition) is 5. The molecule has 0 amide bonds. The Balaban J connectivity index is 1.66. The molecule has 0 fully saturated rings. The molecule has 0 atom stereocenters. The quantitative estimate of drug-likeness (QED) is 0.578. The molecule has 7 heteroatoms. The van der Waals surface area contributed by atoms with Crippen LogP contribution in [0.5, 0.6) is 11.6 Å². The molecular formula is C18H14FN5O. The van der Waals surface area contributed by atoms with E-state index in [-0.39, 0.29) is 5.82 Å². The average Bonchev–Trinajstić information content (AvgIpc) is 3.01. The summed E-state index contributed by atoms with van der Waals surface area (Å²) in [6.07, 6.45) is 3.05. The van der Waals surface area contributed by atoms with Crippen LogP contribution in [0.3, 0.4) is 0 Å². The van der Waals surface area contributed by atoms with Gasteiger partial charge in [0.2, 0.25) is 0 Å². The number of halogens is 1. The fourth-order valence-electron chi connectivity index (χ4n) is 2.53.